The van der Waals surface area contributed by atoms with Crippen LogP contribution in [0.2, 0.25) is 0 Å². The Balaban J connectivity index is 2.14. The summed E-state index contributed by atoms with van der Waals surface area (Å²) in [4.78, 5) is 38.6. The first-order valence-corrected chi connectivity index (χ1v) is 8.50. The van der Waals surface area contributed by atoms with E-state index in [1.54, 1.807) is 0 Å². The number of imide groups is 1. The van der Waals surface area contributed by atoms with Crippen molar-refractivity contribution in [2.45, 2.75) is 0 Å². The molecule has 8 nitrogen and oxygen atoms in total. The van der Waals surface area contributed by atoms with Crippen LogP contribution in [-0.2, 0) is 0 Å². The molecule has 3 rings (SSSR count). The topological polar surface area (TPSA) is 153 Å². The minimum Gasteiger partial charge on any atom is -0.478 e. The molecule has 0 saturated carbocycles. The van der Waals surface area contributed by atoms with Gasteiger partial charge in [-0.3, -0.25) is 9.59 Å². The van der Waals surface area contributed by atoms with E-state index in [0.717, 1.165) is 4.90 Å². The number of carbonyl (C=O) groups excluding carboxylic acids is 2. The molecule has 0 unspecified atom stereocenters. The summed E-state index contributed by atoms with van der Waals surface area (Å²) in [7, 11) is 0. The largest absolute Gasteiger partial charge is 0.478 e. The lowest BCUT2D eigenvalue weighted by atomic mass is 10.1. The predicted octanol–water partition coefficient (Wildman–Crippen LogP) is 2.62. The molecular weight excluding hydrogens is 372 g/mol. The standard InChI is InChI=1S/C21H18N4O4/c22-15-5-1-12(2-6-15)19(26)25(20(27)13-3-7-16(23)8-4-13)18-10-14(21(28)29)9-17(24)11-18/h1-11H,22-24H2,(H,28,29). The fraction of sp³-hybridized carbons (Fsp3) is 0. The van der Waals surface area contributed by atoms with Gasteiger partial charge in [0.2, 0.25) is 0 Å². The summed E-state index contributed by atoms with van der Waals surface area (Å²) < 4.78 is 0. The highest BCUT2D eigenvalue weighted by molar-refractivity contribution is 6.26. The Kier molecular flexibility index (Phi) is 5.18. The monoisotopic (exact) mass is 390 g/mol. The molecule has 0 aliphatic rings. The van der Waals surface area contributed by atoms with E-state index in [9.17, 15) is 19.5 Å². The minimum atomic E-state index is -1.24. The molecule has 0 atom stereocenters. The molecule has 0 heterocycles. The highest BCUT2D eigenvalue weighted by Crippen LogP contribution is 2.25. The number of aromatic carboxylic acids is 1. The molecule has 146 valence electrons. The van der Waals surface area contributed by atoms with Gasteiger partial charge in [0.05, 0.1) is 11.3 Å². The quantitative estimate of drug-likeness (QED) is 0.394. The number of benzene rings is 3. The van der Waals surface area contributed by atoms with Gasteiger partial charge in [0.25, 0.3) is 11.8 Å². The highest BCUT2D eigenvalue weighted by Gasteiger charge is 2.27. The van der Waals surface area contributed by atoms with Crippen LogP contribution in [0.25, 0.3) is 0 Å². The maximum atomic E-state index is 13.2. The van der Waals surface area contributed by atoms with Crippen LogP contribution < -0.4 is 22.1 Å². The van der Waals surface area contributed by atoms with Crippen molar-refractivity contribution in [3.05, 3.63) is 83.4 Å². The maximum Gasteiger partial charge on any atom is 0.335 e. The number of nitrogens with zero attached hydrogens (tertiary/aromatic N) is 1. The molecule has 0 bridgehead atoms. The van der Waals surface area contributed by atoms with Crippen molar-refractivity contribution < 1.29 is 19.5 Å². The first kappa shape index (κ1) is 19.4. The van der Waals surface area contributed by atoms with Crippen molar-refractivity contribution in [1.29, 1.82) is 0 Å². The van der Waals surface area contributed by atoms with Crippen LogP contribution in [-0.4, -0.2) is 22.9 Å². The van der Waals surface area contributed by atoms with Gasteiger partial charge in [0.1, 0.15) is 0 Å². The van der Waals surface area contributed by atoms with E-state index >= 15 is 0 Å². The van der Waals surface area contributed by atoms with Crippen molar-refractivity contribution >= 4 is 40.5 Å². The maximum absolute atomic E-state index is 13.2. The second-order valence-electron chi connectivity index (χ2n) is 6.31. The van der Waals surface area contributed by atoms with Crippen molar-refractivity contribution in [3.63, 3.8) is 0 Å². The van der Waals surface area contributed by atoms with E-state index in [4.69, 9.17) is 17.2 Å². The van der Waals surface area contributed by atoms with Crippen molar-refractivity contribution in [2.24, 2.45) is 0 Å². The fourth-order valence-electron chi connectivity index (χ4n) is 2.72. The lowest BCUT2D eigenvalue weighted by molar-refractivity contribution is 0.0695. The van der Waals surface area contributed by atoms with Crippen LogP contribution in [0.3, 0.4) is 0 Å². The Hall–Kier alpha value is -4.33. The van der Waals surface area contributed by atoms with Crippen LogP contribution in [0.4, 0.5) is 22.7 Å². The Morgan fingerprint density at radius 3 is 1.48 bits per heavy atom. The van der Waals surface area contributed by atoms with E-state index in [-0.39, 0.29) is 28.1 Å². The van der Waals surface area contributed by atoms with Gasteiger partial charge in [-0.25, -0.2) is 9.69 Å². The predicted molar refractivity (Wildman–Crippen MR) is 111 cm³/mol. The second-order valence-corrected chi connectivity index (χ2v) is 6.31. The van der Waals surface area contributed by atoms with Crippen LogP contribution in [0.15, 0.2) is 66.7 Å². The van der Waals surface area contributed by atoms with Gasteiger partial charge >= 0.3 is 5.97 Å². The summed E-state index contributed by atoms with van der Waals surface area (Å²) in [6.07, 6.45) is 0. The normalized spacial score (nSPS) is 10.3. The van der Waals surface area contributed by atoms with Crippen LogP contribution in [0.5, 0.6) is 0 Å². The summed E-state index contributed by atoms with van der Waals surface area (Å²) in [6, 6.07) is 15.8. The zero-order chi connectivity index (χ0) is 21.1. The Labute approximate surface area is 166 Å². The Morgan fingerprint density at radius 2 is 1.07 bits per heavy atom. The van der Waals surface area contributed by atoms with Gasteiger partial charge in [0, 0.05) is 28.2 Å². The van der Waals surface area contributed by atoms with Gasteiger partial charge in [-0.1, -0.05) is 0 Å². The fourth-order valence-corrected chi connectivity index (χ4v) is 2.72. The molecule has 3 aromatic rings. The van der Waals surface area contributed by atoms with E-state index in [1.165, 1.54) is 66.7 Å². The van der Waals surface area contributed by atoms with Crippen molar-refractivity contribution in [1.82, 2.24) is 0 Å². The molecule has 0 fully saturated rings. The molecule has 0 spiro atoms. The molecule has 29 heavy (non-hydrogen) atoms. The molecule has 0 aliphatic carbocycles. The summed E-state index contributed by atoms with van der Waals surface area (Å²) in [5, 5.41) is 9.32. The van der Waals surface area contributed by atoms with Crippen LogP contribution in [0, 0.1) is 0 Å². The second kappa shape index (κ2) is 7.73. The van der Waals surface area contributed by atoms with Crippen LogP contribution >= 0.6 is 0 Å². The van der Waals surface area contributed by atoms with Gasteiger partial charge in [0.15, 0.2) is 0 Å². The zero-order valence-electron chi connectivity index (χ0n) is 15.2. The smallest absolute Gasteiger partial charge is 0.335 e. The number of carbonyl (C=O) groups is 3. The molecule has 8 heteroatoms. The number of hydrogen-bond acceptors (Lipinski definition) is 6. The number of nitrogens with two attached hydrogens (primary N) is 3. The Bertz CT molecular complexity index is 1040. The molecule has 0 aromatic heterocycles. The van der Waals surface area contributed by atoms with Crippen molar-refractivity contribution in [2.75, 3.05) is 22.1 Å². The number of anilines is 4. The lowest BCUT2D eigenvalue weighted by Crippen LogP contribution is -2.37. The van der Waals surface area contributed by atoms with E-state index < -0.39 is 17.8 Å². The van der Waals surface area contributed by atoms with Gasteiger partial charge in [-0.15, -0.1) is 0 Å². The van der Waals surface area contributed by atoms with E-state index in [2.05, 4.69) is 0 Å². The number of rotatable bonds is 4. The Morgan fingerprint density at radius 1 is 0.621 bits per heavy atom. The molecular formula is C21H18N4O4. The first-order chi connectivity index (χ1) is 13.8. The number of hydrogen-bond donors (Lipinski definition) is 4. The average Bonchev–Trinajstić information content (AvgIpc) is 2.68. The van der Waals surface area contributed by atoms with Crippen molar-refractivity contribution in [3.8, 4) is 0 Å². The van der Waals surface area contributed by atoms with Crippen LogP contribution in [0.1, 0.15) is 31.1 Å². The number of carboxylic acid groups (broad SMARTS) is 1. The third kappa shape index (κ3) is 4.16. The SMILES string of the molecule is Nc1ccc(C(=O)N(C(=O)c2ccc(N)cc2)c2cc(N)cc(C(=O)O)c2)cc1. The molecule has 0 saturated heterocycles. The zero-order valence-corrected chi connectivity index (χ0v) is 15.2. The highest BCUT2D eigenvalue weighted by atomic mass is 16.4. The van der Waals surface area contributed by atoms with Gasteiger partial charge in [-0.2, -0.15) is 0 Å². The molecule has 7 N–H and O–H groups in total. The molecule has 3 aromatic carbocycles. The average molecular weight is 390 g/mol. The van der Waals surface area contributed by atoms with E-state index in [0.29, 0.717) is 11.4 Å². The third-order valence-corrected chi connectivity index (χ3v) is 4.17. The summed E-state index contributed by atoms with van der Waals surface area (Å²) in [5.74, 6) is -2.55. The van der Waals surface area contributed by atoms with Gasteiger partial charge in [-0.05, 0) is 66.7 Å². The lowest BCUT2D eigenvalue weighted by Gasteiger charge is -2.22. The molecule has 2 amide bonds. The summed E-state index contributed by atoms with van der Waals surface area (Å²) >= 11 is 0. The van der Waals surface area contributed by atoms with E-state index in [1.807, 2.05) is 0 Å². The summed E-state index contributed by atoms with van der Waals surface area (Å²) in [5.41, 5.74) is 18.4. The minimum absolute atomic E-state index is 0.0334. The number of carboxylic acids is 1. The number of amides is 2. The first-order valence-electron chi connectivity index (χ1n) is 8.50. The third-order valence-electron chi connectivity index (χ3n) is 4.17. The van der Waals surface area contributed by atoms with Gasteiger partial charge < -0.3 is 22.3 Å². The molecule has 0 radical (unpaired) electrons. The summed E-state index contributed by atoms with van der Waals surface area (Å²) in [6.45, 7) is 0. The number of nitrogen functional groups attached to an aromatic ring is 3. The molecule has 0 aliphatic heterocycles.